The SMILES string of the molecule is Cc1c(Cl)cccc1NC(=O)[C@H](C)N1CCC([C@@]2(C)NC(=O)NC2=O)CC1. The molecule has 4 amide bonds. The molecule has 27 heavy (non-hydrogen) atoms. The van der Waals surface area contributed by atoms with Gasteiger partial charge in [-0.15, -0.1) is 0 Å². The second kappa shape index (κ2) is 7.48. The third kappa shape index (κ3) is 3.80. The maximum Gasteiger partial charge on any atom is 0.322 e. The average Bonchev–Trinajstić information content (AvgIpc) is 2.91. The monoisotopic (exact) mass is 392 g/mol. The Morgan fingerprint density at radius 3 is 2.59 bits per heavy atom. The van der Waals surface area contributed by atoms with Crippen molar-refractivity contribution in [2.75, 3.05) is 18.4 Å². The highest BCUT2D eigenvalue weighted by atomic mass is 35.5. The van der Waals surface area contributed by atoms with E-state index in [1.165, 1.54) is 0 Å². The lowest BCUT2D eigenvalue weighted by molar-refractivity contribution is -0.127. The van der Waals surface area contributed by atoms with Gasteiger partial charge in [0.15, 0.2) is 0 Å². The molecule has 3 N–H and O–H groups in total. The molecule has 2 aliphatic heterocycles. The second-order valence-electron chi connectivity index (χ2n) is 7.50. The summed E-state index contributed by atoms with van der Waals surface area (Å²) in [7, 11) is 0. The van der Waals surface area contributed by atoms with Gasteiger partial charge in [-0.1, -0.05) is 17.7 Å². The van der Waals surface area contributed by atoms with Gasteiger partial charge in [-0.2, -0.15) is 0 Å². The number of piperidine rings is 1. The Balaban J connectivity index is 1.59. The highest BCUT2D eigenvalue weighted by molar-refractivity contribution is 6.31. The summed E-state index contributed by atoms with van der Waals surface area (Å²) >= 11 is 6.11. The first-order chi connectivity index (χ1) is 12.7. The van der Waals surface area contributed by atoms with Crippen LogP contribution in [0.3, 0.4) is 0 Å². The molecule has 2 saturated heterocycles. The molecular formula is C19H25ClN4O3. The van der Waals surface area contributed by atoms with Gasteiger partial charge in [0.1, 0.15) is 5.54 Å². The molecule has 0 saturated carbocycles. The molecule has 0 aliphatic carbocycles. The van der Waals surface area contributed by atoms with Crippen molar-refractivity contribution in [1.82, 2.24) is 15.5 Å². The molecule has 2 atom stereocenters. The van der Waals surface area contributed by atoms with Gasteiger partial charge >= 0.3 is 6.03 Å². The number of hydrogen-bond donors (Lipinski definition) is 3. The number of rotatable bonds is 4. The number of likely N-dealkylation sites (tertiary alicyclic amines) is 1. The molecule has 8 heteroatoms. The summed E-state index contributed by atoms with van der Waals surface area (Å²) in [4.78, 5) is 38.3. The van der Waals surface area contributed by atoms with Crippen LogP contribution in [0.2, 0.25) is 5.02 Å². The standard InChI is InChI=1S/C19H25ClN4O3/c1-11-14(20)5-4-6-15(11)21-16(25)12(2)24-9-7-13(8-10-24)19(3)17(26)22-18(27)23-19/h4-6,12-13H,7-10H2,1-3H3,(H,21,25)(H2,22,23,26,27)/t12-,19+/m0/s1. The van der Waals surface area contributed by atoms with Crippen LogP contribution in [0.5, 0.6) is 0 Å². The minimum Gasteiger partial charge on any atom is -0.324 e. The van der Waals surface area contributed by atoms with E-state index in [2.05, 4.69) is 20.9 Å². The minimum atomic E-state index is -0.868. The lowest BCUT2D eigenvalue weighted by Crippen LogP contribution is -2.55. The van der Waals surface area contributed by atoms with Crippen LogP contribution in [0.1, 0.15) is 32.3 Å². The number of carbonyl (C=O) groups excluding carboxylic acids is 3. The minimum absolute atomic E-state index is 0.0469. The highest BCUT2D eigenvalue weighted by Crippen LogP contribution is 2.31. The molecule has 0 bridgehead atoms. The number of carbonyl (C=O) groups is 3. The van der Waals surface area contributed by atoms with E-state index in [9.17, 15) is 14.4 Å². The van der Waals surface area contributed by atoms with Crippen LogP contribution in [-0.4, -0.2) is 47.4 Å². The Morgan fingerprint density at radius 2 is 2.00 bits per heavy atom. The van der Waals surface area contributed by atoms with Crippen LogP contribution in [0.15, 0.2) is 18.2 Å². The van der Waals surface area contributed by atoms with E-state index in [0.717, 1.165) is 18.4 Å². The van der Waals surface area contributed by atoms with Crippen LogP contribution >= 0.6 is 11.6 Å². The Kier molecular flexibility index (Phi) is 5.44. The Bertz CT molecular complexity index is 776. The van der Waals surface area contributed by atoms with Crippen molar-refractivity contribution >= 4 is 35.1 Å². The van der Waals surface area contributed by atoms with E-state index in [-0.39, 0.29) is 23.8 Å². The molecular weight excluding hydrogens is 368 g/mol. The van der Waals surface area contributed by atoms with Gasteiger partial charge in [0.25, 0.3) is 5.91 Å². The largest absolute Gasteiger partial charge is 0.324 e. The van der Waals surface area contributed by atoms with Crippen molar-refractivity contribution in [3.8, 4) is 0 Å². The normalized spacial score (nSPS) is 25.0. The predicted molar refractivity (Wildman–Crippen MR) is 104 cm³/mol. The summed E-state index contributed by atoms with van der Waals surface area (Å²) in [5, 5.41) is 8.63. The Morgan fingerprint density at radius 1 is 1.33 bits per heavy atom. The molecule has 0 aromatic heterocycles. The van der Waals surface area contributed by atoms with Crippen molar-refractivity contribution in [2.24, 2.45) is 5.92 Å². The highest BCUT2D eigenvalue weighted by Gasteiger charge is 2.48. The number of imide groups is 1. The fourth-order valence-electron chi connectivity index (χ4n) is 3.85. The first-order valence-corrected chi connectivity index (χ1v) is 9.54. The van der Waals surface area contributed by atoms with Crippen LogP contribution < -0.4 is 16.0 Å². The van der Waals surface area contributed by atoms with Crippen molar-refractivity contribution in [2.45, 2.75) is 45.2 Å². The zero-order chi connectivity index (χ0) is 19.8. The molecule has 1 aromatic rings. The summed E-state index contributed by atoms with van der Waals surface area (Å²) < 4.78 is 0. The van der Waals surface area contributed by atoms with Gasteiger partial charge < -0.3 is 10.6 Å². The van der Waals surface area contributed by atoms with E-state index in [1.54, 1.807) is 13.0 Å². The van der Waals surface area contributed by atoms with E-state index in [0.29, 0.717) is 23.8 Å². The van der Waals surface area contributed by atoms with Gasteiger partial charge in [-0.25, -0.2) is 4.79 Å². The van der Waals surface area contributed by atoms with E-state index < -0.39 is 11.6 Å². The zero-order valence-electron chi connectivity index (χ0n) is 15.8. The maximum absolute atomic E-state index is 12.7. The number of urea groups is 1. The number of halogens is 1. The van der Waals surface area contributed by atoms with Crippen molar-refractivity contribution < 1.29 is 14.4 Å². The number of nitrogens with one attached hydrogen (secondary N) is 3. The average molecular weight is 393 g/mol. The van der Waals surface area contributed by atoms with Crippen LogP contribution in [0, 0.1) is 12.8 Å². The van der Waals surface area contributed by atoms with Gasteiger partial charge in [-0.3, -0.25) is 19.8 Å². The number of hydrogen-bond acceptors (Lipinski definition) is 4. The van der Waals surface area contributed by atoms with Crippen LogP contribution in [0.25, 0.3) is 0 Å². The van der Waals surface area contributed by atoms with Gasteiger partial charge in [0.05, 0.1) is 6.04 Å². The summed E-state index contributed by atoms with van der Waals surface area (Å²) in [6, 6.07) is 4.70. The summed E-state index contributed by atoms with van der Waals surface area (Å²) in [6.45, 7) is 6.89. The molecule has 146 valence electrons. The third-order valence-electron chi connectivity index (χ3n) is 5.87. The van der Waals surface area contributed by atoms with Crippen LogP contribution in [0.4, 0.5) is 10.5 Å². The lowest BCUT2D eigenvalue weighted by Gasteiger charge is -2.40. The molecule has 2 heterocycles. The number of benzene rings is 1. The van der Waals surface area contributed by atoms with Gasteiger partial charge in [0, 0.05) is 10.7 Å². The summed E-state index contributed by atoms with van der Waals surface area (Å²) in [6.07, 6.45) is 1.47. The Hall–Kier alpha value is -2.12. The molecule has 7 nitrogen and oxygen atoms in total. The van der Waals surface area contributed by atoms with E-state index >= 15 is 0 Å². The molecule has 3 rings (SSSR count). The molecule has 1 aromatic carbocycles. The molecule has 0 spiro atoms. The second-order valence-corrected chi connectivity index (χ2v) is 7.91. The number of nitrogens with zero attached hydrogens (tertiary/aromatic N) is 1. The number of anilines is 1. The summed E-state index contributed by atoms with van der Waals surface area (Å²) in [5.41, 5.74) is 0.688. The first kappa shape index (κ1) is 19.6. The van der Waals surface area contributed by atoms with Gasteiger partial charge in [0.2, 0.25) is 5.91 Å². The Labute approximate surface area is 163 Å². The van der Waals surface area contributed by atoms with Crippen LogP contribution in [-0.2, 0) is 9.59 Å². The van der Waals surface area contributed by atoms with E-state index in [1.807, 2.05) is 26.0 Å². The third-order valence-corrected chi connectivity index (χ3v) is 6.28. The lowest BCUT2D eigenvalue weighted by atomic mass is 9.79. The quantitative estimate of drug-likeness (QED) is 0.686. The van der Waals surface area contributed by atoms with Crippen molar-refractivity contribution in [3.05, 3.63) is 28.8 Å². The smallest absolute Gasteiger partial charge is 0.322 e. The number of amides is 4. The molecule has 0 unspecified atom stereocenters. The van der Waals surface area contributed by atoms with Gasteiger partial charge in [-0.05, 0) is 70.3 Å². The molecule has 2 aliphatic rings. The summed E-state index contributed by atoms with van der Waals surface area (Å²) in [5.74, 6) is -0.309. The predicted octanol–water partition coefficient (Wildman–Crippen LogP) is 2.29. The fourth-order valence-corrected chi connectivity index (χ4v) is 4.03. The maximum atomic E-state index is 12.7. The van der Waals surface area contributed by atoms with Crippen molar-refractivity contribution in [3.63, 3.8) is 0 Å². The first-order valence-electron chi connectivity index (χ1n) is 9.16. The molecule has 0 radical (unpaired) electrons. The van der Waals surface area contributed by atoms with Crippen molar-refractivity contribution in [1.29, 1.82) is 0 Å². The topological polar surface area (TPSA) is 90.5 Å². The van der Waals surface area contributed by atoms with E-state index in [4.69, 9.17) is 11.6 Å². The zero-order valence-corrected chi connectivity index (χ0v) is 16.5. The molecule has 2 fully saturated rings. The fraction of sp³-hybridized carbons (Fsp3) is 0.526.